The zero-order valence-electron chi connectivity index (χ0n) is 18.1. The molecule has 0 heterocycles. The SMILES string of the molecule is CCOc1cc(/C=N/NC(=O)c2ccccc2C)cc(I)c1OCc1ccc([N+](=O)[O-])cc1. The van der Waals surface area contributed by atoms with Crippen LogP contribution < -0.4 is 14.9 Å². The van der Waals surface area contributed by atoms with Gasteiger partial charge in [-0.15, -0.1) is 0 Å². The Hall–Kier alpha value is -3.47. The van der Waals surface area contributed by atoms with E-state index in [0.29, 0.717) is 23.7 Å². The Kier molecular flexibility index (Phi) is 8.36. The molecular weight excluding hydrogens is 537 g/mol. The fraction of sp³-hybridized carbons (Fsp3) is 0.167. The summed E-state index contributed by atoms with van der Waals surface area (Å²) in [5, 5.41) is 14.9. The van der Waals surface area contributed by atoms with Crippen molar-refractivity contribution in [2.75, 3.05) is 6.61 Å². The van der Waals surface area contributed by atoms with Gasteiger partial charge in [0.05, 0.1) is 21.3 Å². The lowest BCUT2D eigenvalue weighted by molar-refractivity contribution is -0.384. The molecule has 170 valence electrons. The smallest absolute Gasteiger partial charge is 0.271 e. The van der Waals surface area contributed by atoms with E-state index in [0.717, 1.165) is 20.3 Å². The number of carbonyl (C=O) groups is 1. The molecule has 0 radical (unpaired) electrons. The number of nitro groups is 1. The highest BCUT2D eigenvalue weighted by Gasteiger charge is 2.13. The number of ether oxygens (including phenoxy) is 2. The summed E-state index contributed by atoms with van der Waals surface area (Å²) in [5.41, 5.74) is 5.53. The van der Waals surface area contributed by atoms with Crippen molar-refractivity contribution >= 4 is 40.4 Å². The zero-order valence-corrected chi connectivity index (χ0v) is 20.2. The molecule has 3 rings (SSSR count). The lowest BCUT2D eigenvalue weighted by atomic mass is 10.1. The van der Waals surface area contributed by atoms with Crippen LogP contribution in [0.25, 0.3) is 0 Å². The van der Waals surface area contributed by atoms with Crippen molar-refractivity contribution in [2.24, 2.45) is 5.10 Å². The van der Waals surface area contributed by atoms with Crippen LogP contribution in [0.2, 0.25) is 0 Å². The van der Waals surface area contributed by atoms with Crippen molar-refractivity contribution in [3.8, 4) is 11.5 Å². The number of rotatable bonds is 9. The maximum atomic E-state index is 12.3. The van der Waals surface area contributed by atoms with Crippen LogP contribution in [0.4, 0.5) is 5.69 Å². The van der Waals surface area contributed by atoms with E-state index in [1.807, 2.05) is 32.0 Å². The molecule has 0 aromatic heterocycles. The first-order valence-corrected chi connectivity index (χ1v) is 11.2. The summed E-state index contributed by atoms with van der Waals surface area (Å²) in [6.45, 7) is 4.41. The second-order valence-electron chi connectivity index (χ2n) is 6.99. The van der Waals surface area contributed by atoms with Gasteiger partial charge in [-0.05, 0) is 83.5 Å². The monoisotopic (exact) mass is 559 g/mol. The Morgan fingerprint density at radius 1 is 1.15 bits per heavy atom. The number of benzene rings is 3. The van der Waals surface area contributed by atoms with Crippen molar-refractivity contribution in [3.63, 3.8) is 0 Å². The predicted octanol–water partition coefficient (Wildman–Crippen LogP) is 5.25. The van der Waals surface area contributed by atoms with Gasteiger partial charge < -0.3 is 9.47 Å². The summed E-state index contributed by atoms with van der Waals surface area (Å²) in [6.07, 6.45) is 1.54. The van der Waals surface area contributed by atoms with Crippen LogP contribution in [-0.2, 0) is 6.61 Å². The van der Waals surface area contributed by atoms with Crippen LogP contribution in [0.3, 0.4) is 0 Å². The number of nitrogens with zero attached hydrogens (tertiary/aromatic N) is 2. The number of non-ortho nitro benzene ring substituents is 1. The molecule has 1 N–H and O–H groups in total. The number of nitrogens with one attached hydrogen (secondary N) is 1. The molecule has 0 aliphatic rings. The van der Waals surface area contributed by atoms with E-state index in [4.69, 9.17) is 9.47 Å². The molecule has 3 aromatic carbocycles. The summed E-state index contributed by atoms with van der Waals surface area (Å²) >= 11 is 2.14. The second-order valence-corrected chi connectivity index (χ2v) is 8.15. The number of carbonyl (C=O) groups excluding carboxylic acids is 1. The lowest BCUT2D eigenvalue weighted by Gasteiger charge is -2.14. The Balaban J connectivity index is 1.72. The standard InChI is InChI=1S/C24H22IN3O5/c1-3-32-22-13-18(14-26-27-24(29)20-7-5-4-6-16(20)2)12-21(25)23(22)33-15-17-8-10-19(11-9-17)28(30)31/h4-14H,3,15H2,1-2H3,(H,27,29)/b26-14+. The van der Waals surface area contributed by atoms with Crippen molar-refractivity contribution in [1.29, 1.82) is 0 Å². The normalized spacial score (nSPS) is 10.8. The molecule has 0 aliphatic carbocycles. The fourth-order valence-electron chi connectivity index (χ4n) is 2.99. The topological polar surface area (TPSA) is 103 Å². The van der Waals surface area contributed by atoms with E-state index in [-0.39, 0.29) is 18.2 Å². The third-order valence-electron chi connectivity index (χ3n) is 4.63. The van der Waals surface area contributed by atoms with E-state index < -0.39 is 4.92 Å². The first kappa shape index (κ1) is 24.2. The van der Waals surface area contributed by atoms with Crippen LogP contribution in [0.5, 0.6) is 11.5 Å². The minimum atomic E-state index is -0.440. The molecule has 0 spiro atoms. The van der Waals surface area contributed by atoms with Crippen LogP contribution >= 0.6 is 22.6 Å². The number of hydrogen-bond donors (Lipinski definition) is 1. The molecular formula is C24H22IN3O5. The van der Waals surface area contributed by atoms with E-state index >= 15 is 0 Å². The van der Waals surface area contributed by atoms with Crippen molar-refractivity contribution < 1.29 is 19.2 Å². The Labute approximate surface area is 204 Å². The molecule has 0 saturated heterocycles. The van der Waals surface area contributed by atoms with Crippen LogP contribution in [0.1, 0.15) is 34.0 Å². The summed E-state index contributed by atoms with van der Waals surface area (Å²) in [7, 11) is 0. The Morgan fingerprint density at radius 2 is 1.88 bits per heavy atom. The number of halogens is 1. The summed E-state index contributed by atoms with van der Waals surface area (Å²) < 4.78 is 12.5. The van der Waals surface area contributed by atoms with Gasteiger partial charge in [0, 0.05) is 17.7 Å². The average Bonchev–Trinajstić information content (AvgIpc) is 2.79. The third kappa shape index (κ3) is 6.51. The van der Waals surface area contributed by atoms with Crippen LogP contribution in [0.15, 0.2) is 65.8 Å². The third-order valence-corrected chi connectivity index (χ3v) is 5.43. The molecule has 0 unspecified atom stereocenters. The number of hydrazone groups is 1. The van der Waals surface area contributed by atoms with E-state index in [1.165, 1.54) is 12.1 Å². The molecule has 0 saturated carbocycles. The fourth-order valence-corrected chi connectivity index (χ4v) is 3.77. The van der Waals surface area contributed by atoms with Gasteiger partial charge in [0.25, 0.3) is 11.6 Å². The van der Waals surface area contributed by atoms with Gasteiger partial charge in [0.1, 0.15) is 6.61 Å². The van der Waals surface area contributed by atoms with Gasteiger partial charge in [0.15, 0.2) is 11.5 Å². The quantitative estimate of drug-likeness (QED) is 0.167. The summed E-state index contributed by atoms with van der Waals surface area (Å²) in [5.74, 6) is 0.821. The Bertz CT molecular complexity index is 1180. The number of aryl methyl sites for hydroxylation is 1. The molecule has 0 fully saturated rings. The molecule has 0 atom stereocenters. The average molecular weight is 559 g/mol. The molecule has 0 bridgehead atoms. The van der Waals surface area contributed by atoms with Crippen LogP contribution in [0, 0.1) is 20.6 Å². The molecule has 0 aliphatic heterocycles. The van der Waals surface area contributed by atoms with Gasteiger partial charge in [-0.3, -0.25) is 14.9 Å². The van der Waals surface area contributed by atoms with E-state index in [2.05, 4.69) is 33.1 Å². The number of nitro benzene ring substituents is 1. The summed E-state index contributed by atoms with van der Waals surface area (Å²) in [4.78, 5) is 22.7. The molecule has 1 amide bonds. The first-order chi connectivity index (χ1) is 15.9. The molecule has 8 nitrogen and oxygen atoms in total. The second kappa shape index (κ2) is 11.4. The number of amides is 1. The zero-order chi connectivity index (χ0) is 23.8. The van der Waals surface area contributed by atoms with Crippen molar-refractivity contribution in [3.05, 3.63) is 96.6 Å². The molecule has 3 aromatic rings. The minimum Gasteiger partial charge on any atom is -0.490 e. The highest BCUT2D eigenvalue weighted by atomic mass is 127. The van der Waals surface area contributed by atoms with Gasteiger partial charge >= 0.3 is 0 Å². The van der Waals surface area contributed by atoms with Gasteiger partial charge in [-0.1, -0.05) is 18.2 Å². The molecule has 33 heavy (non-hydrogen) atoms. The lowest BCUT2D eigenvalue weighted by Crippen LogP contribution is -2.18. The summed E-state index contributed by atoms with van der Waals surface area (Å²) in [6, 6.07) is 17.1. The minimum absolute atomic E-state index is 0.0292. The first-order valence-electron chi connectivity index (χ1n) is 10.1. The Morgan fingerprint density at radius 3 is 2.55 bits per heavy atom. The van der Waals surface area contributed by atoms with Gasteiger partial charge in [-0.25, -0.2) is 5.43 Å². The maximum Gasteiger partial charge on any atom is 0.271 e. The van der Waals surface area contributed by atoms with E-state index in [9.17, 15) is 14.9 Å². The number of hydrogen-bond acceptors (Lipinski definition) is 6. The predicted molar refractivity (Wildman–Crippen MR) is 134 cm³/mol. The molecule has 9 heteroatoms. The van der Waals surface area contributed by atoms with Crippen LogP contribution in [-0.4, -0.2) is 23.7 Å². The van der Waals surface area contributed by atoms with E-state index in [1.54, 1.807) is 36.5 Å². The van der Waals surface area contributed by atoms with Crippen molar-refractivity contribution in [2.45, 2.75) is 20.5 Å². The van der Waals surface area contributed by atoms with Gasteiger partial charge in [-0.2, -0.15) is 5.10 Å². The largest absolute Gasteiger partial charge is 0.490 e. The highest BCUT2D eigenvalue weighted by Crippen LogP contribution is 2.34. The van der Waals surface area contributed by atoms with Crippen molar-refractivity contribution in [1.82, 2.24) is 5.43 Å². The highest BCUT2D eigenvalue weighted by molar-refractivity contribution is 14.1. The maximum absolute atomic E-state index is 12.3. The van der Waals surface area contributed by atoms with Gasteiger partial charge in [0.2, 0.25) is 0 Å².